The van der Waals surface area contributed by atoms with Gasteiger partial charge in [0.2, 0.25) is 0 Å². The number of ether oxygens (including phenoxy) is 1. The highest BCUT2D eigenvalue weighted by Crippen LogP contribution is 2.57. The van der Waals surface area contributed by atoms with E-state index in [9.17, 15) is 0 Å². The fraction of sp³-hybridized carbons (Fsp3) is 0.333. The summed E-state index contributed by atoms with van der Waals surface area (Å²) in [7, 11) is 0. The van der Waals surface area contributed by atoms with Crippen LogP contribution in [-0.4, -0.2) is 5.60 Å². The lowest BCUT2D eigenvalue weighted by molar-refractivity contribution is 0.287. The Balaban J connectivity index is 2.46. The summed E-state index contributed by atoms with van der Waals surface area (Å²) in [6.45, 7) is 1.92. The van der Waals surface area contributed by atoms with Crippen LogP contribution in [-0.2, 0) is 10.3 Å². The molecule has 1 unspecified atom stereocenters. The molecule has 0 saturated carbocycles. The van der Waals surface area contributed by atoms with Crippen LogP contribution < -0.4 is 0 Å². The van der Waals surface area contributed by atoms with Crippen molar-refractivity contribution in [2.45, 2.75) is 24.5 Å². The maximum absolute atomic E-state index is 8.99. The van der Waals surface area contributed by atoms with Gasteiger partial charge in [-0.25, -0.2) is 0 Å². The minimum absolute atomic E-state index is 0.623. The normalized spacial score (nSPS) is 26.3. The number of benzene rings is 1. The molecule has 1 saturated heterocycles. The summed E-state index contributed by atoms with van der Waals surface area (Å²) >= 11 is 0. The van der Waals surface area contributed by atoms with Gasteiger partial charge in [0.1, 0.15) is 12.1 Å². The molecule has 3 nitrogen and oxygen atoms in total. The standard InChI is InChI=1S/C12H10N2O/c1-2-12(10-6-4-3-5-7-10)11(8-13,9-14)15-12/h3-7H,2H2,1H3. The van der Waals surface area contributed by atoms with Gasteiger partial charge in [-0.1, -0.05) is 37.3 Å². The molecule has 0 bridgehead atoms. The molecule has 1 heterocycles. The lowest BCUT2D eigenvalue weighted by atomic mass is 9.86. The molecule has 1 aliphatic rings. The number of nitrogens with zero attached hydrogens (tertiary/aromatic N) is 2. The van der Waals surface area contributed by atoms with Gasteiger partial charge in [-0.3, -0.25) is 0 Å². The van der Waals surface area contributed by atoms with Crippen LogP contribution >= 0.6 is 0 Å². The number of hydrogen-bond donors (Lipinski definition) is 0. The van der Waals surface area contributed by atoms with Crippen LogP contribution in [0.2, 0.25) is 0 Å². The molecule has 1 aromatic carbocycles. The van der Waals surface area contributed by atoms with E-state index in [0.717, 1.165) is 5.56 Å². The van der Waals surface area contributed by atoms with Gasteiger partial charge in [-0.05, 0) is 12.0 Å². The van der Waals surface area contributed by atoms with Crippen molar-refractivity contribution in [1.29, 1.82) is 10.5 Å². The van der Waals surface area contributed by atoms with Gasteiger partial charge in [-0.15, -0.1) is 0 Å². The molecule has 0 amide bonds. The Kier molecular flexibility index (Phi) is 2.00. The molecule has 0 aromatic heterocycles. The SMILES string of the molecule is CCC1(c2ccccc2)OC1(C#N)C#N. The first kappa shape index (κ1) is 9.71. The van der Waals surface area contributed by atoms with E-state index in [0.29, 0.717) is 6.42 Å². The Hall–Kier alpha value is -1.84. The van der Waals surface area contributed by atoms with Crippen molar-refractivity contribution >= 4 is 0 Å². The minimum Gasteiger partial charge on any atom is -0.329 e. The van der Waals surface area contributed by atoms with Gasteiger partial charge in [0.15, 0.2) is 5.60 Å². The average Bonchev–Trinajstić information content (AvgIpc) is 3.01. The topological polar surface area (TPSA) is 60.1 Å². The molecule has 0 radical (unpaired) electrons. The first-order chi connectivity index (χ1) is 7.24. The monoisotopic (exact) mass is 198 g/mol. The minimum atomic E-state index is -1.29. The molecule has 0 N–H and O–H groups in total. The second kappa shape index (κ2) is 3.08. The third-order valence-corrected chi connectivity index (χ3v) is 2.91. The lowest BCUT2D eigenvalue weighted by Crippen LogP contribution is -2.20. The van der Waals surface area contributed by atoms with Crippen molar-refractivity contribution in [2.75, 3.05) is 0 Å². The smallest absolute Gasteiger partial charge is 0.275 e. The number of rotatable bonds is 2. The fourth-order valence-corrected chi connectivity index (χ4v) is 1.98. The van der Waals surface area contributed by atoms with Gasteiger partial charge in [0.25, 0.3) is 5.60 Å². The van der Waals surface area contributed by atoms with E-state index in [-0.39, 0.29) is 0 Å². The van der Waals surface area contributed by atoms with Gasteiger partial charge in [-0.2, -0.15) is 10.5 Å². The number of nitriles is 2. The molecule has 74 valence electrons. The second-order valence-electron chi connectivity index (χ2n) is 3.55. The quantitative estimate of drug-likeness (QED) is 0.684. The maximum Gasteiger partial charge on any atom is 0.275 e. The van der Waals surface area contributed by atoms with Gasteiger partial charge < -0.3 is 4.74 Å². The highest BCUT2D eigenvalue weighted by Gasteiger charge is 2.72. The van der Waals surface area contributed by atoms with E-state index in [2.05, 4.69) is 0 Å². The molecule has 3 heteroatoms. The van der Waals surface area contributed by atoms with Crippen molar-refractivity contribution in [2.24, 2.45) is 0 Å². The predicted molar refractivity (Wildman–Crippen MR) is 53.5 cm³/mol. The van der Waals surface area contributed by atoms with Crippen LogP contribution in [0.3, 0.4) is 0 Å². The first-order valence-electron chi connectivity index (χ1n) is 4.83. The largest absolute Gasteiger partial charge is 0.329 e. The van der Waals surface area contributed by atoms with Gasteiger partial charge in [0, 0.05) is 0 Å². The Labute approximate surface area is 88.5 Å². The molecule has 1 aromatic rings. The molecule has 0 spiro atoms. The van der Waals surface area contributed by atoms with Gasteiger partial charge in [0.05, 0.1) is 0 Å². The van der Waals surface area contributed by atoms with E-state index < -0.39 is 11.2 Å². The van der Waals surface area contributed by atoms with Gasteiger partial charge >= 0.3 is 0 Å². The summed E-state index contributed by atoms with van der Waals surface area (Å²) in [6.07, 6.45) is 0.623. The molecule has 1 atom stereocenters. The highest BCUT2D eigenvalue weighted by molar-refractivity contribution is 5.45. The molecule has 1 aliphatic heterocycles. The summed E-state index contributed by atoms with van der Waals surface area (Å²) in [5.74, 6) is 0. The molecule has 1 fully saturated rings. The first-order valence-corrected chi connectivity index (χ1v) is 4.83. The lowest BCUT2D eigenvalue weighted by Gasteiger charge is -2.09. The van der Waals surface area contributed by atoms with Crippen LogP contribution in [0, 0.1) is 22.7 Å². The third-order valence-electron chi connectivity index (χ3n) is 2.91. The average molecular weight is 198 g/mol. The van der Waals surface area contributed by atoms with E-state index in [1.54, 1.807) is 0 Å². The molecular weight excluding hydrogens is 188 g/mol. The Morgan fingerprint density at radius 2 is 1.80 bits per heavy atom. The van der Waals surface area contributed by atoms with Crippen LogP contribution in [0.25, 0.3) is 0 Å². The zero-order valence-corrected chi connectivity index (χ0v) is 8.40. The maximum atomic E-state index is 8.99. The van der Waals surface area contributed by atoms with Crippen molar-refractivity contribution in [3.63, 3.8) is 0 Å². The highest BCUT2D eigenvalue weighted by atomic mass is 16.6. The van der Waals surface area contributed by atoms with E-state index in [4.69, 9.17) is 15.3 Å². The summed E-state index contributed by atoms with van der Waals surface area (Å²) < 4.78 is 5.40. The Morgan fingerprint density at radius 1 is 1.20 bits per heavy atom. The van der Waals surface area contributed by atoms with Crippen LogP contribution in [0.1, 0.15) is 18.9 Å². The van der Waals surface area contributed by atoms with Crippen molar-refractivity contribution in [3.05, 3.63) is 35.9 Å². The zero-order chi connectivity index (χ0) is 10.9. The Morgan fingerprint density at radius 3 is 2.20 bits per heavy atom. The number of hydrogen-bond acceptors (Lipinski definition) is 3. The molecule has 15 heavy (non-hydrogen) atoms. The van der Waals surface area contributed by atoms with Crippen molar-refractivity contribution in [1.82, 2.24) is 0 Å². The van der Waals surface area contributed by atoms with Crippen LogP contribution in [0.5, 0.6) is 0 Å². The molecule has 0 aliphatic carbocycles. The van der Waals surface area contributed by atoms with E-state index >= 15 is 0 Å². The van der Waals surface area contributed by atoms with Crippen LogP contribution in [0.15, 0.2) is 30.3 Å². The number of epoxide rings is 1. The van der Waals surface area contributed by atoms with Crippen molar-refractivity contribution in [3.8, 4) is 12.1 Å². The van der Waals surface area contributed by atoms with E-state index in [1.165, 1.54) is 0 Å². The third kappa shape index (κ3) is 1.08. The summed E-state index contributed by atoms with van der Waals surface area (Å²) in [5, 5.41) is 18.0. The summed E-state index contributed by atoms with van der Waals surface area (Å²) in [5.41, 5.74) is -1.11. The molecular formula is C12H10N2O. The van der Waals surface area contributed by atoms with Crippen molar-refractivity contribution < 1.29 is 4.74 Å². The molecule has 2 rings (SSSR count). The zero-order valence-electron chi connectivity index (χ0n) is 8.40. The fourth-order valence-electron chi connectivity index (χ4n) is 1.98. The second-order valence-corrected chi connectivity index (χ2v) is 3.55. The summed E-state index contributed by atoms with van der Waals surface area (Å²) in [6, 6.07) is 13.4. The summed E-state index contributed by atoms with van der Waals surface area (Å²) in [4.78, 5) is 0. The predicted octanol–water partition coefficient (Wildman–Crippen LogP) is 2.11. The Bertz CT molecular complexity index is 441. The van der Waals surface area contributed by atoms with E-state index in [1.807, 2.05) is 49.4 Å². The van der Waals surface area contributed by atoms with Crippen LogP contribution in [0.4, 0.5) is 0 Å².